The summed E-state index contributed by atoms with van der Waals surface area (Å²) in [7, 11) is 0. The van der Waals surface area contributed by atoms with Crippen LogP contribution in [-0.2, 0) is 9.59 Å². The minimum Gasteiger partial charge on any atom is -0.481 e. The van der Waals surface area contributed by atoms with Gasteiger partial charge >= 0.3 is 11.9 Å². The Morgan fingerprint density at radius 1 is 0.727 bits per heavy atom. The van der Waals surface area contributed by atoms with Crippen LogP contribution in [0.1, 0.15) is 25.7 Å². The Balaban J connectivity index is 0. The van der Waals surface area contributed by atoms with Gasteiger partial charge in [-0.15, -0.1) is 24.8 Å². The van der Waals surface area contributed by atoms with Gasteiger partial charge in [0, 0.05) is 12.1 Å². The molecule has 0 radical (unpaired) electrons. The maximum Gasteiger partial charge on any atom is 0.308 e. The fraction of sp³-hybridized carbons (Fsp3) is 0.571. The summed E-state index contributed by atoms with van der Waals surface area (Å²) >= 11 is 0. The summed E-state index contributed by atoms with van der Waals surface area (Å²) in [6.07, 6.45) is 10.2. The molecule has 1 unspecified atom stereocenters. The molecule has 0 fully saturated rings. The van der Waals surface area contributed by atoms with Crippen LogP contribution in [-0.4, -0.2) is 34.2 Å². The number of hydrogen-bond acceptors (Lipinski definition) is 4. The molecule has 0 aliphatic heterocycles. The topological polar surface area (TPSA) is 127 Å². The quantitative estimate of drug-likeness (QED) is 0.557. The molecule has 0 heterocycles. The van der Waals surface area contributed by atoms with Crippen molar-refractivity contribution in [3.05, 3.63) is 24.3 Å². The second-order valence-corrected chi connectivity index (χ2v) is 5.10. The van der Waals surface area contributed by atoms with E-state index in [9.17, 15) is 9.59 Å². The molecule has 0 saturated carbocycles. The van der Waals surface area contributed by atoms with E-state index >= 15 is 0 Å². The molecule has 2 aliphatic rings. The molecular weight excluding hydrogens is 331 g/mol. The van der Waals surface area contributed by atoms with Gasteiger partial charge in [-0.2, -0.15) is 0 Å². The fourth-order valence-corrected chi connectivity index (χ4v) is 2.24. The number of carboxylic acid groups (broad SMARTS) is 2. The summed E-state index contributed by atoms with van der Waals surface area (Å²) in [6.45, 7) is 0. The molecule has 2 aliphatic carbocycles. The lowest BCUT2D eigenvalue weighted by atomic mass is 9.90. The number of rotatable bonds is 2. The van der Waals surface area contributed by atoms with Crippen molar-refractivity contribution in [2.45, 2.75) is 37.8 Å². The van der Waals surface area contributed by atoms with Crippen molar-refractivity contribution in [2.24, 2.45) is 23.3 Å². The Morgan fingerprint density at radius 3 is 1.18 bits per heavy atom. The highest BCUT2D eigenvalue weighted by Crippen LogP contribution is 2.17. The number of halogens is 2. The molecule has 8 heteroatoms. The predicted octanol–water partition coefficient (Wildman–Crippen LogP) is 1.57. The van der Waals surface area contributed by atoms with Crippen molar-refractivity contribution in [3.8, 4) is 0 Å². The molecule has 2 rings (SSSR count). The van der Waals surface area contributed by atoms with Crippen LogP contribution < -0.4 is 11.5 Å². The zero-order valence-electron chi connectivity index (χ0n) is 12.1. The van der Waals surface area contributed by atoms with E-state index in [4.69, 9.17) is 21.7 Å². The van der Waals surface area contributed by atoms with Crippen LogP contribution in [0.2, 0.25) is 0 Å². The summed E-state index contributed by atoms with van der Waals surface area (Å²) in [5.41, 5.74) is 11.1. The molecule has 4 atom stereocenters. The van der Waals surface area contributed by atoms with E-state index in [0.29, 0.717) is 25.7 Å². The molecule has 0 bridgehead atoms. The van der Waals surface area contributed by atoms with Crippen molar-refractivity contribution < 1.29 is 19.8 Å². The Labute approximate surface area is 142 Å². The van der Waals surface area contributed by atoms with E-state index in [1.165, 1.54) is 0 Å². The van der Waals surface area contributed by atoms with E-state index < -0.39 is 11.9 Å². The van der Waals surface area contributed by atoms with Crippen molar-refractivity contribution >= 4 is 36.8 Å². The van der Waals surface area contributed by atoms with Crippen LogP contribution in [0.4, 0.5) is 0 Å². The Morgan fingerprint density at radius 2 is 1.00 bits per heavy atom. The normalized spacial score (nSPS) is 29.2. The molecular formula is C14H24Cl2N2O4. The average Bonchev–Trinajstić information content (AvgIpc) is 2.40. The lowest BCUT2D eigenvalue weighted by molar-refractivity contribution is -0.143. The van der Waals surface area contributed by atoms with Crippen LogP contribution in [0.15, 0.2) is 24.3 Å². The van der Waals surface area contributed by atoms with Crippen molar-refractivity contribution in [1.29, 1.82) is 0 Å². The van der Waals surface area contributed by atoms with Crippen molar-refractivity contribution in [2.75, 3.05) is 0 Å². The molecule has 6 nitrogen and oxygen atoms in total. The number of carboxylic acids is 2. The maximum absolute atomic E-state index is 10.5. The average molecular weight is 355 g/mol. The van der Waals surface area contributed by atoms with E-state index in [1.807, 2.05) is 24.3 Å². The second-order valence-electron chi connectivity index (χ2n) is 5.10. The summed E-state index contributed by atoms with van der Waals surface area (Å²) in [6, 6.07) is -0.384. The summed E-state index contributed by atoms with van der Waals surface area (Å²) < 4.78 is 0. The molecule has 0 aromatic rings. The van der Waals surface area contributed by atoms with Gasteiger partial charge in [0.05, 0.1) is 11.8 Å². The smallest absolute Gasteiger partial charge is 0.308 e. The fourth-order valence-electron chi connectivity index (χ4n) is 2.24. The van der Waals surface area contributed by atoms with Gasteiger partial charge in [0.2, 0.25) is 0 Å². The maximum atomic E-state index is 10.5. The molecule has 0 spiro atoms. The lowest BCUT2D eigenvalue weighted by Crippen LogP contribution is -2.36. The largest absolute Gasteiger partial charge is 0.481 e. The van der Waals surface area contributed by atoms with Gasteiger partial charge in [0.1, 0.15) is 0 Å². The van der Waals surface area contributed by atoms with E-state index in [2.05, 4.69) is 0 Å². The van der Waals surface area contributed by atoms with Crippen molar-refractivity contribution in [3.63, 3.8) is 0 Å². The highest BCUT2D eigenvalue weighted by atomic mass is 35.5. The van der Waals surface area contributed by atoms with E-state index in [-0.39, 0.29) is 48.7 Å². The van der Waals surface area contributed by atoms with Crippen molar-refractivity contribution in [1.82, 2.24) is 0 Å². The number of carbonyl (C=O) groups is 2. The molecule has 6 N–H and O–H groups in total. The van der Waals surface area contributed by atoms with Crippen LogP contribution >= 0.6 is 24.8 Å². The Hall–Kier alpha value is -1.08. The van der Waals surface area contributed by atoms with E-state index in [1.54, 1.807) is 0 Å². The molecule has 0 aromatic carbocycles. The first-order valence-electron chi connectivity index (χ1n) is 6.70. The van der Waals surface area contributed by atoms with Crippen LogP contribution in [0.25, 0.3) is 0 Å². The first kappa shape index (κ1) is 23.2. The molecule has 128 valence electrons. The van der Waals surface area contributed by atoms with Crippen LogP contribution in [0.5, 0.6) is 0 Å². The lowest BCUT2D eigenvalue weighted by Gasteiger charge is -2.20. The summed E-state index contributed by atoms with van der Waals surface area (Å²) in [5, 5.41) is 17.2. The first-order valence-corrected chi connectivity index (χ1v) is 6.70. The second kappa shape index (κ2) is 11.5. The third-order valence-corrected chi connectivity index (χ3v) is 3.60. The number of aliphatic carboxylic acids is 2. The monoisotopic (exact) mass is 354 g/mol. The Kier molecular flexibility index (Phi) is 12.1. The Bertz CT molecular complexity index is 378. The minimum atomic E-state index is -0.781. The number of nitrogens with two attached hydrogens (primary N) is 2. The van der Waals surface area contributed by atoms with Gasteiger partial charge in [-0.1, -0.05) is 24.3 Å². The van der Waals surface area contributed by atoms with Gasteiger partial charge < -0.3 is 21.7 Å². The predicted molar refractivity (Wildman–Crippen MR) is 89.4 cm³/mol. The van der Waals surface area contributed by atoms with Crippen LogP contribution in [0, 0.1) is 11.8 Å². The molecule has 0 aromatic heterocycles. The van der Waals surface area contributed by atoms with Crippen LogP contribution in [0.3, 0.4) is 0 Å². The SMILES string of the molecule is Cl.Cl.N[C@@H]1CC=CCC1C(=O)O.N[C@H]1CC=CC[C@H]1C(=O)O. The third-order valence-electron chi connectivity index (χ3n) is 3.60. The molecule has 22 heavy (non-hydrogen) atoms. The van der Waals surface area contributed by atoms with E-state index in [0.717, 1.165) is 0 Å². The van der Waals surface area contributed by atoms with Gasteiger partial charge in [0.15, 0.2) is 0 Å². The number of hydrogen-bond donors (Lipinski definition) is 4. The molecule has 0 amide bonds. The summed E-state index contributed by atoms with van der Waals surface area (Å²) in [5.74, 6) is -2.30. The standard InChI is InChI=1S/2C7H11NO2.2ClH/c2*8-6-4-2-1-3-5(6)7(9)10;;/h2*1-2,5-6H,3-4,8H2,(H,9,10);2*1H/t5?,6-;5-,6+;;/m11../s1. The highest BCUT2D eigenvalue weighted by Gasteiger charge is 2.25. The minimum absolute atomic E-state index is 0. The van der Waals surface area contributed by atoms with Gasteiger partial charge in [-0.25, -0.2) is 0 Å². The summed E-state index contributed by atoms with van der Waals surface area (Å²) in [4.78, 5) is 20.9. The zero-order valence-corrected chi connectivity index (χ0v) is 13.8. The zero-order chi connectivity index (χ0) is 15.1. The van der Waals surface area contributed by atoms with Gasteiger partial charge in [0.25, 0.3) is 0 Å². The molecule has 0 saturated heterocycles. The first-order chi connectivity index (χ1) is 9.43. The number of allylic oxidation sites excluding steroid dienone is 2. The third kappa shape index (κ3) is 7.26. The van der Waals surface area contributed by atoms with Gasteiger partial charge in [-0.3, -0.25) is 9.59 Å². The highest BCUT2D eigenvalue weighted by molar-refractivity contribution is 5.85. The van der Waals surface area contributed by atoms with Gasteiger partial charge in [-0.05, 0) is 25.7 Å².